The smallest absolute Gasteiger partial charge is 0.308 e. The summed E-state index contributed by atoms with van der Waals surface area (Å²) in [5, 5.41) is 17.9. The molecule has 1 aliphatic carbocycles. The molecule has 1 saturated carbocycles. The van der Waals surface area contributed by atoms with Crippen molar-refractivity contribution in [2.75, 3.05) is 0 Å². The van der Waals surface area contributed by atoms with Crippen LogP contribution in [-0.4, -0.2) is 33.7 Å². The van der Waals surface area contributed by atoms with Crippen LogP contribution in [0.25, 0.3) is 0 Å². The van der Waals surface area contributed by atoms with Gasteiger partial charge in [0.2, 0.25) is 0 Å². The molecule has 0 aromatic heterocycles. The Balaban J connectivity index is 0.00000324. The Morgan fingerprint density at radius 3 is 2.42 bits per heavy atom. The van der Waals surface area contributed by atoms with E-state index in [9.17, 15) is 14.7 Å². The summed E-state index contributed by atoms with van der Waals surface area (Å²) in [4.78, 5) is 21.8. The normalized spacial score (nSPS) is 28.2. The number of carboxylic acids is 2. The number of hydrogen-bond acceptors (Lipinski definition) is 4. The first kappa shape index (κ1) is 18.5. The molecule has 0 saturated heterocycles. The molecule has 3 unspecified atom stereocenters. The van der Waals surface area contributed by atoms with E-state index < -0.39 is 23.4 Å². The van der Waals surface area contributed by atoms with Crippen molar-refractivity contribution in [3.63, 3.8) is 0 Å². The van der Waals surface area contributed by atoms with Crippen LogP contribution in [0.4, 0.5) is 0 Å². The molecule has 6 N–H and O–H groups in total. The van der Waals surface area contributed by atoms with E-state index in [1.807, 2.05) is 0 Å². The van der Waals surface area contributed by atoms with Crippen LogP contribution in [0.3, 0.4) is 0 Å². The van der Waals surface area contributed by atoms with Crippen LogP contribution in [-0.2, 0) is 30.7 Å². The molecule has 0 aromatic rings. The molecule has 0 amide bonds. The maximum absolute atomic E-state index is 11.3. The van der Waals surface area contributed by atoms with Crippen molar-refractivity contribution >= 4 is 11.9 Å². The number of nitrogens with two attached hydrogens (primary N) is 2. The zero-order chi connectivity index (χ0) is 13.8. The molecule has 0 spiro atoms. The van der Waals surface area contributed by atoms with Crippen LogP contribution >= 0.6 is 0 Å². The summed E-state index contributed by atoms with van der Waals surface area (Å²) in [6.45, 7) is 0. The van der Waals surface area contributed by atoms with Crippen molar-refractivity contribution in [1.82, 2.24) is 0 Å². The minimum atomic E-state index is -0.972. The van der Waals surface area contributed by atoms with E-state index in [-0.39, 0.29) is 39.9 Å². The molecule has 3 atom stereocenters. The molecule has 0 aromatic carbocycles. The van der Waals surface area contributed by atoms with Gasteiger partial charge in [-0.3, -0.25) is 9.59 Å². The van der Waals surface area contributed by atoms with Crippen molar-refractivity contribution in [1.29, 1.82) is 0 Å². The van der Waals surface area contributed by atoms with Gasteiger partial charge >= 0.3 is 11.9 Å². The van der Waals surface area contributed by atoms with Crippen LogP contribution in [0.1, 0.15) is 44.9 Å². The van der Waals surface area contributed by atoms with Crippen LogP contribution in [0.15, 0.2) is 0 Å². The molecule has 7 heteroatoms. The van der Waals surface area contributed by atoms with Gasteiger partial charge in [0.15, 0.2) is 0 Å². The Labute approximate surface area is 127 Å². The molecule has 0 heterocycles. The van der Waals surface area contributed by atoms with Gasteiger partial charge in [-0.15, -0.1) is 0 Å². The molecule has 1 rings (SSSR count). The van der Waals surface area contributed by atoms with Gasteiger partial charge in [0, 0.05) is 39.1 Å². The first-order valence-electron chi connectivity index (χ1n) is 6.37. The van der Waals surface area contributed by atoms with E-state index in [2.05, 4.69) is 0 Å². The van der Waals surface area contributed by atoms with E-state index in [4.69, 9.17) is 16.6 Å². The molecular weight excluding hydrogens is 431 g/mol. The summed E-state index contributed by atoms with van der Waals surface area (Å²) < 4.78 is 0. The quantitative estimate of drug-likeness (QED) is 0.465. The van der Waals surface area contributed by atoms with Crippen LogP contribution in [0, 0.1) is 5.92 Å². The number of carbonyl (C=O) groups is 2. The second-order valence-electron chi connectivity index (χ2n) is 5.14. The van der Waals surface area contributed by atoms with Crippen molar-refractivity contribution in [2.45, 2.75) is 56.5 Å². The fourth-order valence-corrected chi connectivity index (χ4v) is 2.76. The molecule has 1 fully saturated rings. The Morgan fingerprint density at radius 1 is 1.32 bits per heavy atom. The van der Waals surface area contributed by atoms with Crippen molar-refractivity contribution in [3.05, 3.63) is 0 Å². The average Bonchev–Trinajstić information content (AvgIpc) is 2.27. The summed E-state index contributed by atoms with van der Waals surface area (Å²) in [5.41, 5.74) is 11.3. The van der Waals surface area contributed by atoms with E-state index in [1.54, 1.807) is 0 Å². The Bertz CT molecular complexity index is 327. The second-order valence-corrected chi connectivity index (χ2v) is 5.14. The predicted octanol–water partition coefficient (Wildman–Crippen LogP) is 0.538. The van der Waals surface area contributed by atoms with Crippen molar-refractivity contribution in [2.24, 2.45) is 17.4 Å². The maximum atomic E-state index is 11.3. The third kappa shape index (κ3) is 4.86. The van der Waals surface area contributed by atoms with Gasteiger partial charge in [0.1, 0.15) is 0 Å². The standard InChI is InChI=1S/C12H22N2O4.Pt/c13-9-5-1-2-7-12(9,14)8(11(17)18)4-3-6-10(15)16;/h8-9H,1-7,13-14H2,(H,15,16)(H,17,18);. The first-order valence-corrected chi connectivity index (χ1v) is 6.37. The number of aliphatic carboxylic acids is 2. The zero-order valence-corrected chi connectivity index (χ0v) is 13.1. The molecule has 0 bridgehead atoms. The topological polar surface area (TPSA) is 127 Å². The molecular formula is C12H22N2O4Pt. The maximum Gasteiger partial charge on any atom is 0.308 e. The Hall–Kier alpha value is -0.452. The summed E-state index contributed by atoms with van der Waals surface area (Å²) in [6.07, 6.45) is 3.74. The monoisotopic (exact) mass is 453 g/mol. The Morgan fingerprint density at radius 2 is 1.95 bits per heavy atom. The SMILES string of the molecule is NC1CCCCC1(N)C(CCCC(=O)O)C(=O)O.[Pt]. The fraction of sp³-hybridized carbons (Fsp3) is 0.833. The van der Waals surface area contributed by atoms with Gasteiger partial charge in [-0.05, 0) is 25.7 Å². The summed E-state index contributed by atoms with van der Waals surface area (Å²) in [5.74, 6) is -2.65. The Kier molecular flexibility index (Phi) is 7.78. The van der Waals surface area contributed by atoms with E-state index >= 15 is 0 Å². The summed E-state index contributed by atoms with van der Waals surface area (Å²) in [7, 11) is 0. The van der Waals surface area contributed by atoms with Gasteiger partial charge in [-0.2, -0.15) is 0 Å². The average molecular weight is 453 g/mol. The van der Waals surface area contributed by atoms with Gasteiger partial charge in [-0.25, -0.2) is 0 Å². The van der Waals surface area contributed by atoms with Crippen molar-refractivity contribution < 1.29 is 40.9 Å². The molecule has 6 nitrogen and oxygen atoms in total. The largest absolute Gasteiger partial charge is 0.481 e. The third-order valence-corrected chi connectivity index (χ3v) is 3.90. The van der Waals surface area contributed by atoms with Gasteiger partial charge in [0.25, 0.3) is 0 Å². The van der Waals surface area contributed by atoms with Crippen molar-refractivity contribution in [3.8, 4) is 0 Å². The predicted molar refractivity (Wildman–Crippen MR) is 66.0 cm³/mol. The van der Waals surface area contributed by atoms with Crippen LogP contribution in [0.5, 0.6) is 0 Å². The number of rotatable bonds is 6. The molecule has 114 valence electrons. The fourth-order valence-electron chi connectivity index (χ4n) is 2.76. The molecule has 1 aliphatic rings. The van der Waals surface area contributed by atoms with E-state index in [0.29, 0.717) is 12.8 Å². The van der Waals surface area contributed by atoms with E-state index in [0.717, 1.165) is 19.3 Å². The summed E-state index contributed by atoms with van der Waals surface area (Å²) >= 11 is 0. The minimum absolute atomic E-state index is 0. The third-order valence-electron chi connectivity index (χ3n) is 3.90. The molecule has 0 aliphatic heterocycles. The molecule has 19 heavy (non-hydrogen) atoms. The number of hydrogen-bond donors (Lipinski definition) is 4. The van der Waals surface area contributed by atoms with Gasteiger partial charge in [0.05, 0.1) is 5.92 Å². The number of carboxylic acid groups (broad SMARTS) is 2. The van der Waals surface area contributed by atoms with Crippen LogP contribution < -0.4 is 11.5 Å². The molecule has 0 radical (unpaired) electrons. The second kappa shape index (κ2) is 7.97. The first-order chi connectivity index (χ1) is 8.38. The summed E-state index contributed by atoms with van der Waals surface area (Å²) in [6, 6.07) is -0.322. The van der Waals surface area contributed by atoms with E-state index in [1.165, 1.54) is 0 Å². The zero-order valence-electron chi connectivity index (χ0n) is 10.8. The minimum Gasteiger partial charge on any atom is -0.481 e. The van der Waals surface area contributed by atoms with Crippen LogP contribution in [0.2, 0.25) is 0 Å². The van der Waals surface area contributed by atoms with Gasteiger partial charge in [-0.1, -0.05) is 12.8 Å². The van der Waals surface area contributed by atoms with Gasteiger partial charge < -0.3 is 21.7 Å².